The summed E-state index contributed by atoms with van der Waals surface area (Å²) in [4.78, 5) is 15.5. The van der Waals surface area contributed by atoms with Crippen molar-refractivity contribution in [2.24, 2.45) is 16.2 Å². The van der Waals surface area contributed by atoms with Gasteiger partial charge in [-0.1, -0.05) is 27.7 Å². The summed E-state index contributed by atoms with van der Waals surface area (Å²) in [5.41, 5.74) is 0.626. The van der Waals surface area contributed by atoms with Crippen LogP contribution in [0.1, 0.15) is 59.8 Å². The van der Waals surface area contributed by atoms with Crippen molar-refractivity contribution < 1.29 is 4.79 Å². The Labute approximate surface area is 123 Å². The molecule has 1 amide bonds. The first-order valence-corrected chi connectivity index (χ1v) is 8.31. The molecule has 2 saturated heterocycles. The monoisotopic (exact) mass is 278 g/mol. The summed E-state index contributed by atoms with van der Waals surface area (Å²) in [6.45, 7) is 12.2. The first kappa shape index (κ1) is 14.4. The number of rotatable bonds is 2. The third kappa shape index (κ3) is 2.18. The first-order valence-electron chi connectivity index (χ1n) is 8.31. The summed E-state index contributed by atoms with van der Waals surface area (Å²) in [7, 11) is 0. The summed E-state index contributed by atoms with van der Waals surface area (Å²) in [5.74, 6) is 0.441. The number of carbonyl (C=O) groups is 1. The van der Waals surface area contributed by atoms with Gasteiger partial charge in [0.15, 0.2) is 0 Å². The third-order valence-corrected chi connectivity index (χ3v) is 6.05. The Hall–Kier alpha value is -0.570. The Kier molecular flexibility index (Phi) is 3.20. The zero-order chi connectivity index (χ0) is 14.6. The second-order valence-electron chi connectivity index (χ2n) is 8.71. The first-order chi connectivity index (χ1) is 9.29. The normalized spacial score (nSPS) is 43.0. The highest BCUT2D eigenvalue weighted by Crippen LogP contribution is 2.53. The molecule has 3 heteroatoms. The number of hydrogen-bond acceptors (Lipinski definition) is 2. The van der Waals surface area contributed by atoms with E-state index in [1.165, 1.54) is 19.3 Å². The van der Waals surface area contributed by atoms with E-state index in [4.69, 9.17) is 0 Å². The summed E-state index contributed by atoms with van der Waals surface area (Å²) in [5, 5.41) is 3.41. The molecule has 1 aliphatic carbocycles. The van der Waals surface area contributed by atoms with Gasteiger partial charge in [0.1, 0.15) is 0 Å². The van der Waals surface area contributed by atoms with Crippen molar-refractivity contribution in [2.75, 3.05) is 19.6 Å². The van der Waals surface area contributed by atoms with Gasteiger partial charge in [-0.2, -0.15) is 0 Å². The van der Waals surface area contributed by atoms with Crippen molar-refractivity contribution in [3.63, 3.8) is 0 Å². The number of fused-ring (bicyclic) bond motifs is 2. The molecule has 2 bridgehead atoms. The van der Waals surface area contributed by atoms with Crippen LogP contribution in [0.25, 0.3) is 0 Å². The van der Waals surface area contributed by atoms with Crippen LogP contribution in [0.5, 0.6) is 0 Å². The Morgan fingerprint density at radius 3 is 2.65 bits per heavy atom. The molecule has 3 aliphatic rings. The lowest BCUT2D eigenvalue weighted by atomic mass is 9.65. The molecular weight excluding hydrogens is 248 g/mol. The van der Waals surface area contributed by atoms with Crippen LogP contribution in [-0.4, -0.2) is 36.5 Å². The molecule has 3 rings (SSSR count). The molecule has 0 spiro atoms. The molecule has 20 heavy (non-hydrogen) atoms. The minimum absolute atomic E-state index is 0.113. The van der Waals surface area contributed by atoms with Gasteiger partial charge in [0, 0.05) is 19.1 Å². The Morgan fingerprint density at radius 2 is 2.05 bits per heavy atom. The second-order valence-corrected chi connectivity index (χ2v) is 8.71. The van der Waals surface area contributed by atoms with Crippen LogP contribution in [0.15, 0.2) is 0 Å². The van der Waals surface area contributed by atoms with Crippen LogP contribution in [0, 0.1) is 16.2 Å². The average molecular weight is 278 g/mol. The highest BCUT2D eigenvalue weighted by Gasteiger charge is 2.54. The van der Waals surface area contributed by atoms with Gasteiger partial charge in [-0.15, -0.1) is 0 Å². The van der Waals surface area contributed by atoms with Crippen molar-refractivity contribution in [3.8, 4) is 0 Å². The fraction of sp³-hybridized carbons (Fsp3) is 0.941. The molecular formula is C17H30N2O. The van der Waals surface area contributed by atoms with Gasteiger partial charge in [-0.05, 0) is 49.5 Å². The highest BCUT2D eigenvalue weighted by molar-refractivity contribution is 5.84. The van der Waals surface area contributed by atoms with Crippen LogP contribution >= 0.6 is 0 Å². The number of hydrogen-bond donors (Lipinski definition) is 1. The maximum Gasteiger partial charge on any atom is 0.230 e. The highest BCUT2D eigenvalue weighted by atomic mass is 16.2. The van der Waals surface area contributed by atoms with Crippen molar-refractivity contribution >= 4 is 5.91 Å². The van der Waals surface area contributed by atoms with E-state index in [2.05, 4.69) is 37.9 Å². The van der Waals surface area contributed by atoms with Gasteiger partial charge in [-0.25, -0.2) is 0 Å². The number of likely N-dealkylation sites (tertiary alicyclic amines) is 1. The maximum atomic E-state index is 13.2. The minimum atomic E-state index is -0.113. The molecule has 3 fully saturated rings. The molecule has 0 aromatic carbocycles. The van der Waals surface area contributed by atoms with Gasteiger partial charge in [0.25, 0.3) is 0 Å². The summed E-state index contributed by atoms with van der Waals surface area (Å²) in [6, 6.07) is 0.486. The number of nitrogens with one attached hydrogen (secondary N) is 1. The van der Waals surface area contributed by atoms with Gasteiger partial charge < -0.3 is 10.2 Å². The molecule has 2 aliphatic heterocycles. The summed E-state index contributed by atoms with van der Waals surface area (Å²) in [6.07, 6.45) is 5.66. The van der Waals surface area contributed by atoms with Gasteiger partial charge in [0.05, 0.1) is 5.41 Å². The Morgan fingerprint density at radius 1 is 1.30 bits per heavy atom. The molecule has 1 saturated carbocycles. The largest absolute Gasteiger partial charge is 0.339 e. The smallest absolute Gasteiger partial charge is 0.230 e. The number of amides is 1. The van der Waals surface area contributed by atoms with Crippen molar-refractivity contribution in [1.82, 2.24) is 10.2 Å². The molecule has 2 heterocycles. The summed E-state index contributed by atoms with van der Waals surface area (Å²) >= 11 is 0. The second kappa shape index (κ2) is 4.46. The molecule has 1 N–H and O–H groups in total. The van der Waals surface area contributed by atoms with Crippen LogP contribution in [0.3, 0.4) is 0 Å². The predicted octanol–water partition coefficient (Wildman–Crippen LogP) is 2.80. The SMILES string of the molecule is CCC1(C(=O)N2CC3(C)CC2CC(C)(C)C3)CCNC1. The molecule has 3 atom stereocenters. The molecule has 0 aromatic heterocycles. The van der Waals surface area contributed by atoms with E-state index in [0.717, 1.165) is 32.5 Å². The Bertz CT molecular complexity index is 411. The van der Waals surface area contributed by atoms with E-state index >= 15 is 0 Å². The van der Waals surface area contributed by atoms with E-state index in [1.807, 2.05) is 0 Å². The van der Waals surface area contributed by atoms with Crippen molar-refractivity contribution in [3.05, 3.63) is 0 Å². The topological polar surface area (TPSA) is 32.3 Å². The zero-order valence-electron chi connectivity index (χ0n) is 13.6. The lowest BCUT2D eigenvalue weighted by Gasteiger charge is -2.40. The third-order valence-electron chi connectivity index (χ3n) is 6.05. The maximum absolute atomic E-state index is 13.2. The lowest BCUT2D eigenvalue weighted by molar-refractivity contribution is -0.142. The van der Waals surface area contributed by atoms with Crippen molar-refractivity contribution in [1.29, 1.82) is 0 Å². The van der Waals surface area contributed by atoms with E-state index in [9.17, 15) is 4.79 Å². The van der Waals surface area contributed by atoms with E-state index in [0.29, 0.717) is 22.8 Å². The predicted molar refractivity (Wildman–Crippen MR) is 81.5 cm³/mol. The number of nitrogens with zero attached hydrogens (tertiary/aromatic N) is 1. The average Bonchev–Trinajstić information content (AvgIpc) is 2.90. The van der Waals surface area contributed by atoms with Crippen LogP contribution < -0.4 is 5.32 Å². The fourth-order valence-corrected chi connectivity index (χ4v) is 5.38. The fourth-order valence-electron chi connectivity index (χ4n) is 5.38. The molecule has 114 valence electrons. The van der Waals surface area contributed by atoms with Gasteiger partial charge >= 0.3 is 0 Å². The summed E-state index contributed by atoms with van der Waals surface area (Å²) < 4.78 is 0. The quantitative estimate of drug-likeness (QED) is 0.842. The van der Waals surface area contributed by atoms with E-state index in [1.54, 1.807) is 0 Å². The number of carbonyl (C=O) groups excluding carboxylic acids is 1. The zero-order valence-corrected chi connectivity index (χ0v) is 13.6. The molecule has 0 radical (unpaired) electrons. The van der Waals surface area contributed by atoms with Gasteiger partial charge in [-0.3, -0.25) is 4.79 Å². The lowest BCUT2D eigenvalue weighted by Crippen LogP contribution is -2.47. The van der Waals surface area contributed by atoms with Gasteiger partial charge in [0.2, 0.25) is 5.91 Å². The van der Waals surface area contributed by atoms with E-state index in [-0.39, 0.29) is 5.41 Å². The standard InChI is InChI=1S/C17H30N2O/c1-5-17(6-7-18-11-17)14(20)19-12-16(4)9-13(19)8-15(2,3)10-16/h13,18H,5-12H2,1-4H3. The van der Waals surface area contributed by atoms with Crippen LogP contribution in [-0.2, 0) is 4.79 Å². The van der Waals surface area contributed by atoms with Crippen LogP contribution in [0.4, 0.5) is 0 Å². The van der Waals surface area contributed by atoms with Crippen molar-refractivity contribution in [2.45, 2.75) is 65.8 Å². The molecule has 0 aromatic rings. The van der Waals surface area contributed by atoms with Crippen LogP contribution in [0.2, 0.25) is 0 Å². The molecule has 3 unspecified atom stereocenters. The molecule has 3 nitrogen and oxygen atoms in total. The van der Waals surface area contributed by atoms with E-state index < -0.39 is 0 Å². The Balaban J connectivity index is 1.83. The minimum Gasteiger partial charge on any atom is -0.339 e.